The van der Waals surface area contributed by atoms with Gasteiger partial charge in [-0.25, -0.2) is 4.98 Å². The Hall–Kier alpha value is -1.36. The summed E-state index contributed by atoms with van der Waals surface area (Å²) in [6, 6.07) is 0.756. The second-order valence-corrected chi connectivity index (χ2v) is 5.32. The topological polar surface area (TPSA) is 61.0 Å². The van der Waals surface area contributed by atoms with Gasteiger partial charge < -0.3 is 15.2 Å². The number of aromatic nitrogens is 2. The summed E-state index contributed by atoms with van der Waals surface area (Å²) in [5.74, 6) is 0.419. The summed E-state index contributed by atoms with van der Waals surface area (Å²) >= 11 is 0. The molecule has 0 amide bonds. The van der Waals surface area contributed by atoms with Crippen molar-refractivity contribution in [3.05, 3.63) is 22.7 Å². The van der Waals surface area contributed by atoms with Crippen molar-refractivity contribution < 1.29 is 0 Å². The van der Waals surface area contributed by atoms with Crippen LogP contribution in [-0.4, -0.2) is 41.0 Å². The van der Waals surface area contributed by atoms with E-state index in [9.17, 15) is 4.79 Å². The van der Waals surface area contributed by atoms with Gasteiger partial charge in [0.05, 0.1) is 0 Å². The van der Waals surface area contributed by atoms with E-state index in [1.165, 1.54) is 32.1 Å². The minimum atomic E-state index is -0.150. The van der Waals surface area contributed by atoms with Gasteiger partial charge in [0.2, 0.25) is 0 Å². The van der Waals surface area contributed by atoms with Gasteiger partial charge >= 0.3 is 0 Å². The van der Waals surface area contributed by atoms with Crippen molar-refractivity contribution in [3.63, 3.8) is 0 Å². The van der Waals surface area contributed by atoms with Crippen LogP contribution in [0.1, 0.15) is 38.5 Å². The van der Waals surface area contributed by atoms with Gasteiger partial charge in [-0.05, 0) is 32.9 Å². The van der Waals surface area contributed by atoms with Crippen molar-refractivity contribution in [1.82, 2.24) is 14.9 Å². The van der Waals surface area contributed by atoms with Gasteiger partial charge in [0.1, 0.15) is 0 Å². The van der Waals surface area contributed by atoms with E-state index in [2.05, 4.69) is 27.2 Å². The van der Waals surface area contributed by atoms with Crippen molar-refractivity contribution in [1.29, 1.82) is 0 Å². The molecule has 0 saturated heterocycles. The fourth-order valence-corrected chi connectivity index (χ4v) is 2.72. The normalized spacial score (nSPS) is 16.7. The molecule has 1 heterocycles. The molecule has 0 radical (unpaired) electrons. The Morgan fingerprint density at radius 1 is 1.42 bits per heavy atom. The van der Waals surface area contributed by atoms with Crippen LogP contribution >= 0.6 is 0 Å². The highest BCUT2D eigenvalue weighted by atomic mass is 16.1. The summed E-state index contributed by atoms with van der Waals surface area (Å²) in [5, 5.41) is 3.09. The Morgan fingerprint density at radius 3 is 2.95 bits per heavy atom. The van der Waals surface area contributed by atoms with Crippen LogP contribution in [-0.2, 0) is 0 Å². The highest BCUT2D eigenvalue weighted by Crippen LogP contribution is 2.21. The molecule has 2 N–H and O–H groups in total. The maximum atomic E-state index is 11.4. The summed E-state index contributed by atoms with van der Waals surface area (Å²) in [4.78, 5) is 20.5. The lowest BCUT2D eigenvalue weighted by molar-refractivity contribution is 0.191. The minimum absolute atomic E-state index is 0.150. The van der Waals surface area contributed by atoms with E-state index in [1.54, 1.807) is 12.4 Å². The zero-order chi connectivity index (χ0) is 13.5. The molecule has 5 heteroatoms. The second-order valence-electron chi connectivity index (χ2n) is 5.32. The minimum Gasteiger partial charge on any atom is -0.365 e. The number of hydrogen-bond acceptors (Lipinski definition) is 4. The zero-order valence-corrected chi connectivity index (χ0v) is 11.7. The Bertz CT molecular complexity index is 425. The molecular formula is C14H24N4O. The number of nitrogens with zero attached hydrogens (tertiary/aromatic N) is 2. The van der Waals surface area contributed by atoms with E-state index in [-0.39, 0.29) is 5.56 Å². The summed E-state index contributed by atoms with van der Waals surface area (Å²) in [5.41, 5.74) is -0.150. The summed E-state index contributed by atoms with van der Waals surface area (Å²) in [7, 11) is 2.21. The number of rotatable bonds is 6. The molecular weight excluding hydrogens is 240 g/mol. The zero-order valence-electron chi connectivity index (χ0n) is 11.7. The van der Waals surface area contributed by atoms with Crippen LogP contribution in [0.4, 0.5) is 5.82 Å². The highest BCUT2D eigenvalue weighted by molar-refractivity contribution is 5.29. The van der Waals surface area contributed by atoms with Crippen LogP contribution in [0.15, 0.2) is 17.2 Å². The summed E-state index contributed by atoms with van der Waals surface area (Å²) < 4.78 is 0. The van der Waals surface area contributed by atoms with Crippen molar-refractivity contribution in [2.24, 2.45) is 0 Å². The van der Waals surface area contributed by atoms with Crippen molar-refractivity contribution >= 4 is 5.82 Å². The van der Waals surface area contributed by atoms with Gasteiger partial charge in [0.15, 0.2) is 5.82 Å². The third-order valence-corrected chi connectivity index (χ3v) is 3.89. The molecule has 0 bridgehead atoms. The van der Waals surface area contributed by atoms with Crippen molar-refractivity contribution in [2.75, 3.05) is 25.5 Å². The third kappa shape index (κ3) is 4.35. The number of nitrogens with one attached hydrogen (secondary N) is 2. The molecule has 1 fully saturated rings. The molecule has 0 atom stereocenters. The molecule has 19 heavy (non-hydrogen) atoms. The first-order chi connectivity index (χ1) is 9.27. The average Bonchev–Trinajstić information content (AvgIpc) is 2.46. The molecule has 0 spiro atoms. The van der Waals surface area contributed by atoms with E-state index in [0.717, 1.165) is 25.6 Å². The number of aromatic amines is 1. The fourth-order valence-electron chi connectivity index (χ4n) is 2.72. The predicted molar refractivity (Wildman–Crippen MR) is 77.5 cm³/mol. The Kier molecular flexibility index (Phi) is 5.39. The monoisotopic (exact) mass is 264 g/mol. The number of H-pyrrole nitrogens is 1. The molecule has 5 nitrogen and oxygen atoms in total. The maximum absolute atomic E-state index is 11.4. The smallest absolute Gasteiger partial charge is 0.290 e. The van der Waals surface area contributed by atoms with Gasteiger partial charge in [-0.15, -0.1) is 0 Å². The highest BCUT2D eigenvalue weighted by Gasteiger charge is 2.17. The largest absolute Gasteiger partial charge is 0.365 e. The first-order valence-corrected chi connectivity index (χ1v) is 7.25. The lowest BCUT2D eigenvalue weighted by atomic mass is 9.94. The van der Waals surface area contributed by atoms with Crippen LogP contribution in [0.3, 0.4) is 0 Å². The molecule has 106 valence electrons. The van der Waals surface area contributed by atoms with Crippen LogP contribution < -0.4 is 10.9 Å². The SMILES string of the molecule is CN(CCCNc1ncc[nH]c1=O)C1CCCCC1. The van der Waals surface area contributed by atoms with Gasteiger partial charge in [-0.3, -0.25) is 4.79 Å². The fraction of sp³-hybridized carbons (Fsp3) is 0.714. The second kappa shape index (κ2) is 7.28. The van der Waals surface area contributed by atoms with Crippen molar-refractivity contribution in [3.8, 4) is 0 Å². The Balaban J connectivity index is 1.66. The van der Waals surface area contributed by atoms with Gasteiger partial charge in [0.25, 0.3) is 5.56 Å². The molecule has 1 aliphatic rings. The number of anilines is 1. The number of hydrogen-bond donors (Lipinski definition) is 2. The molecule has 1 aromatic heterocycles. The van der Waals surface area contributed by atoms with E-state index >= 15 is 0 Å². The molecule has 0 unspecified atom stereocenters. The lowest BCUT2D eigenvalue weighted by Gasteiger charge is -2.31. The van der Waals surface area contributed by atoms with E-state index in [1.807, 2.05) is 0 Å². The van der Waals surface area contributed by atoms with Gasteiger partial charge in [-0.1, -0.05) is 19.3 Å². The molecule has 1 aromatic rings. The Labute approximate surface area is 114 Å². The average molecular weight is 264 g/mol. The van der Waals surface area contributed by atoms with E-state index < -0.39 is 0 Å². The third-order valence-electron chi connectivity index (χ3n) is 3.89. The van der Waals surface area contributed by atoms with Crippen LogP contribution in [0.5, 0.6) is 0 Å². The molecule has 2 rings (SSSR count). The molecule has 0 aliphatic heterocycles. The standard InChI is InChI=1S/C14H24N4O/c1-18(12-6-3-2-4-7-12)11-5-8-15-13-14(19)17-10-9-16-13/h9-10,12H,2-8,11H2,1H3,(H,15,16)(H,17,19). The van der Waals surface area contributed by atoms with E-state index in [0.29, 0.717) is 5.82 Å². The lowest BCUT2D eigenvalue weighted by Crippen LogP contribution is -2.34. The Morgan fingerprint density at radius 2 is 2.21 bits per heavy atom. The van der Waals surface area contributed by atoms with Crippen LogP contribution in [0.2, 0.25) is 0 Å². The van der Waals surface area contributed by atoms with Crippen LogP contribution in [0.25, 0.3) is 0 Å². The van der Waals surface area contributed by atoms with Crippen molar-refractivity contribution in [2.45, 2.75) is 44.6 Å². The predicted octanol–water partition coefficient (Wildman–Crippen LogP) is 1.84. The summed E-state index contributed by atoms with van der Waals surface area (Å²) in [6.07, 6.45) is 11.0. The quantitative estimate of drug-likeness (QED) is 0.770. The van der Waals surface area contributed by atoms with Gasteiger partial charge in [-0.2, -0.15) is 0 Å². The first kappa shape index (κ1) is 14.1. The van der Waals surface area contributed by atoms with Crippen LogP contribution in [0, 0.1) is 0 Å². The molecule has 0 aromatic carbocycles. The summed E-state index contributed by atoms with van der Waals surface area (Å²) in [6.45, 7) is 1.86. The molecule has 1 saturated carbocycles. The molecule has 1 aliphatic carbocycles. The van der Waals surface area contributed by atoms with Gasteiger partial charge in [0, 0.05) is 25.0 Å². The van der Waals surface area contributed by atoms with E-state index in [4.69, 9.17) is 0 Å². The first-order valence-electron chi connectivity index (χ1n) is 7.25. The maximum Gasteiger partial charge on any atom is 0.290 e.